The number of allylic oxidation sites excluding steroid dienone is 1. The lowest BCUT2D eigenvalue weighted by Gasteiger charge is -2.07. The monoisotopic (exact) mass is 397 g/mol. The number of hydrogen-bond acceptors (Lipinski definition) is 5. The third kappa shape index (κ3) is 5.43. The van der Waals surface area contributed by atoms with Gasteiger partial charge in [-0.25, -0.2) is 4.79 Å². The minimum Gasteiger partial charge on any atom is -0.489 e. The molecule has 5 heteroatoms. The van der Waals surface area contributed by atoms with Crippen LogP contribution in [0, 0.1) is 11.3 Å². The molecule has 148 valence electrons. The number of benzene rings is 3. The number of nitrogens with zero attached hydrogens (tertiary/aromatic N) is 1. The Bertz CT molecular complexity index is 1090. The Morgan fingerprint density at radius 3 is 2.13 bits per heavy atom. The first-order valence-corrected chi connectivity index (χ1v) is 9.22. The molecule has 3 rings (SSSR count). The Hall–Kier alpha value is -4.17. The maximum absolute atomic E-state index is 12.2. The predicted octanol–water partition coefficient (Wildman–Crippen LogP) is 4.82. The highest BCUT2D eigenvalue weighted by Crippen LogP contribution is 2.16. The zero-order valence-electron chi connectivity index (χ0n) is 16.4. The average molecular weight is 397 g/mol. The van der Waals surface area contributed by atoms with Crippen molar-refractivity contribution in [3.05, 3.63) is 107 Å². The van der Waals surface area contributed by atoms with Crippen molar-refractivity contribution in [1.29, 1.82) is 5.26 Å². The summed E-state index contributed by atoms with van der Waals surface area (Å²) in [6, 6.07) is 23.0. The predicted molar refractivity (Wildman–Crippen MR) is 113 cm³/mol. The molecule has 5 nitrogen and oxygen atoms in total. The summed E-state index contributed by atoms with van der Waals surface area (Å²) in [4.78, 5) is 23.7. The van der Waals surface area contributed by atoms with Crippen LogP contribution in [0.2, 0.25) is 0 Å². The number of methoxy groups -OCH3 is 1. The molecule has 0 fully saturated rings. The summed E-state index contributed by atoms with van der Waals surface area (Å²) >= 11 is 0. The Labute approximate surface area is 174 Å². The lowest BCUT2D eigenvalue weighted by Crippen LogP contribution is -2.01. The summed E-state index contributed by atoms with van der Waals surface area (Å²) in [5.74, 6) is 0.196. The third-order valence-electron chi connectivity index (χ3n) is 4.39. The van der Waals surface area contributed by atoms with Crippen molar-refractivity contribution in [3.8, 4) is 11.8 Å². The summed E-state index contributed by atoms with van der Waals surface area (Å²) in [6.07, 6.45) is 3.23. The summed E-state index contributed by atoms with van der Waals surface area (Å²) in [5, 5.41) is 8.81. The van der Waals surface area contributed by atoms with Crippen molar-refractivity contribution in [2.45, 2.75) is 6.61 Å². The van der Waals surface area contributed by atoms with Crippen molar-refractivity contribution in [2.75, 3.05) is 7.11 Å². The number of ketones is 1. The van der Waals surface area contributed by atoms with E-state index < -0.39 is 0 Å². The van der Waals surface area contributed by atoms with Crippen LogP contribution in [0.15, 0.2) is 78.9 Å². The first-order valence-electron chi connectivity index (χ1n) is 9.22. The van der Waals surface area contributed by atoms with E-state index in [2.05, 4.69) is 4.74 Å². The van der Waals surface area contributed by atoms with Gasteiger partial charge in [-0.2, -0.15) is 5.26 Å². The summed E-state index contributed by atoms with van der Waals surface area (Å²) in [6.45, 7) is 0.369. The number of ether oxygens (including phenoxy) is 2. The zero-order chi connectivity index (χ0) is 21.3. The molecule has 0 atom stereocenters. The van der Waals surface area contributed by atoms with E-state index in [1.165, 1.54) is 13.2 Å². The first-order chi connectivity index (χ1) is 14.6. The molecule has 0 bridgehead atoms. The summed E-state index contributed by atoms with van der Waals surface area (Å²) in [7, 11) is 1.35. The van der Waals surface area contributed by atoms with E-state index in [0.717, 1.165) is 11.1 Å². The topological polar surface area (TPSA) is 76.4 Å². The smallest absolute Gasteiger partial charge is 0.337 e. The first kappa shape index (κ1) is 20.6. The van der Waals surface area contributed by atoms with Crippen LogP contribution in [-0.2, 0) is 11.3 Å². The molecule has 0 saturated heterocycles. The second kappa shape index (κ2) is 9.85. The molecule has 0 aliphatic rings. The van der Waals surface area contributed by atoms with E-state index in [1.807, 2.05) is 42.5 Å². The van der Waals surface area contributed by atoms with Gasteiger partial charge in [0.25, 0.3) is 0 Å². The molecule has 0 spiro atoms. The Balaban J connectivity index is 1.55. The van der Waals surface area contributed by atoms with Gasteiger partial charge in [-0.05, 0) is 65.7 Å². The molecule has 0 saturated carbocycles. The Kier molecular flexibility index (Phi) is 6.75. The van der Waals surface area contributed by atoms with Gasteiger partial charge in [-0.1, -0.05) is 30.3 Å². The largest absolute Gasteiger partial charge is 0.489 e. The average Bonchev–Trinajstić information content (AvgIpc) is 2.81. The molecule has 0 radical (unpaired) electrons. The van der Waals surface area contributed by atoms with Crippen LogP contribution in [-0.4, -0.2) is 18.9 Å². The lowest BCUT2D eigenvalue weighted by atomic mass is 10.1. The van der Waals surface area contributed by atoms with Crippen molar-refractivity contribution in [1.82, 2.24) is 0 Å². The maximum atomic E-state index is 12.2. The number of hydrogen-bond donors (Lipinski definition) is 0. The highest BCUT2D eigenvalue weighted by atomic mass is 16.5. The van der Waals surface area contributed by atoms with Crippen LogP contribution in [0.3, 0.4) is 0 Å². The van der Waals surface area contributed by atoms with Crippen molar-refractivity contribution in [3.63, 3.8) is 0 Å². The molecular weight excluding hydrogens is 378 g/mol. The second-order valence-corrected chi connectivity index (χ2v) is 6.43. The summed E-state index contributed by atoms with van der Waals surface area (Å²) < 4.78 is 10.4. The van der Waals surface area contributed by atoms with Crippen LogP contribution < -0.4 is 4.74 Å². The molecule has 0 unspecified atom stereocenters. The Morgan fingerprint density at radius 2 is 1.53 bits per heavy atom. The molecule has 3 aromatic rings. The second-order valence-electron chi connectivity index (χ2n) is 6.43. The SMILES string of the molecule is COC(=O)c1ccc(COc2ccc(C=CC(=O)c3ccc(C#N)cc3)cc2)cc1. The number of carbonyl (C=O) groups is 2. The molecule has 0 N–H and O–H groups in total. The normalized spacial score (nSPS) is 10.4. The molecule has 30 heavy (non-hydrogen) atoms. The molecule has 0 amide bonds. The van der Waals surface area contributed by atoms with Crippen LogP contribution in [0.25, 0.3) is 6.08 Å². The van der Waals surface area contributed by atoms with Gasteiger partial charge in [-0.15, -0.1) is 0 Å². The fourth-order valence-electron chi connectivity index (χ4n) is 2.67. The third-order valence-corrected chi connectivity index (χ3v) is 4.39. The molecular formula is C25H19NO4. The highest BCUT2D eigenvalue weighted by molar-refractivity contribution is 6.06. The van der Waals surface area contributed by atoms with E-state index >= 15 is 0 Å². The fraction of sp³-hybridized carbons (Fsp3) is 0.0800. The van der Waals surface area contributed by atoms with Crippen LogP contribution in [0.5, 0.6) is 5.75 Å². The van der Waals surface area contributed by atoms with E-state index in [-0.39, 0.29) is 11.8 Å². The van der Waals surface area contributed by atoms with Crippen LogP contribution in [0.4, 0.5) is 0 Å². The van der Waals surface area contributed by atoms with E-state index in [0.29, 0.717) is 29.0 Å². The van der Waals surface area contributed by atoms with Gasteiger partial charge < -0.3 is 9.47 Å². The van der Waals surface area contributed by atoms with Crippen molar-refractivity contribution >= 4 is 17.8 Å². The quantitative estimate of drug-likeness (QED) is 0.325. The molecule has 0 aromatic heterocycles. The molecule has 0 aliphatic heterocycles. The van der Waals surface area contributed by atoms with Crippen LogP contribution in [0.1, 0.15) is 37.4 Å². The maximum Gasteiger partial charge on any atom is 0.337 e. The van der Waals surface area contributed by atoms with Gasteiger partial charge in [0.05, 0.1) is 24.3 Å². The number of rotatable bonds is 7. The van der Waals surface area contributed by atoms with Gasteiger partial charge in [0.1, 0.15) is 12.4 Å². The van der Waals surface area contributed by atoms with E-state index in [9.17, 15) is 9.59 Å². The summed E-state index contributed by atoms with van der Waals surface area (Å²) in [5.41, 5.74) is 3.34. The molecule has 0 heterocycles. The Morgan fingerprint density at radius 1 is 0.900 bits per heavy atom. The number of carbonyl (C=O) groups excluding carboxylic acids is 2. The van der Waals surface area contributed by atoms with E-state index in [4.69, 9.17) is 10.00 Å². The van der Waals surface area contributed by atoms with Gasteiger partial charge in [0, 0.05) is 5.56 Å². The molecule has 3 aromatic carbocycles. The van der Waals surface area contributed by atoms with Gasteiger partial charge in [0.15, 0.2) is 5.78 Å². The highest BCUT2D eigenvalue weighted by Gasteiger charge is 2.05. The zero-order valence-corrected chi connectivity index (χ0v) is 16.4. The van der Waals surface area contributed by atoms with Gasteiger partial charge in [0.2, 0.25) is 0 Å². The minimum absolute atomic E-state index is 0.129. The molecule has 0 aliphatic carbocycles. The van der Waals surface area contributed by atoms with Crippen LogP contribution >= 0.6 is 0 Å². The fourth-order valence-corrected chi connectivity index (χ4v) is 2.67. The minimum atomic E-state index is -0.372. The lowest BCUT2D eigenvalue weighted by molar-refractivity contribution is 0.0600. The van der Waals surface area contributed by atoms with Crippen molar-refractivity contribution < 1.29 is 19.1 Å². The standard InChI is InChI=1S/C25H19NO4/c1-29-25(28)22-11-4-20(5-12-22)17-30-23-13-6-18(7-14-23)8-15-24(27)21-9-2-19(16-26)3-10-21/h2-15H,17H2,1H3. The van der Waals surface area contributed by atoms with Crippen molar-refractivity contribution in [2.24, 2.45) is 0 Å². The van der Waals surface area contributed by atoms with Gasteiger partial charge in [-0.3, -0.25) is 4.79 Å². The number of nitriles is 1. The van der Waals surface area contributed by atoms with E-state index in [1.54, 1.807) is 42.5 Å². The van der Waals surface area contributed by atoms with Gasteiger partial charge >= 0.3 is 5.97 Å². The number of esters is 1.